The van der Waals surface area contributed by atoms with Gasteiger partial charge in [0.05, 0.1) is 4.90 Å². The summed E-state index contributed by atoms with van der Waals surface area (Å²) in [5, 5.41) is 0. The number of hydrogen-bond donors (Lipinski definition) is 1. The lowest BCUT2D eigenvalue weighted by Gasteiger charge is -2.29. The Morgan fingerprint density at radius 1 is 0.741 bits per heavy atom. The molecule has 3 rings (SSSR count). The Hall–Kier alpha value is -2.01. The zero-order valence-corrected chi connectivity index (χ0v) is 17.8. The van der Waals surface area contributed by atoms with Crippen LogP contribution in [0.3, 0.4) is 0 Å². The molecule has 0 saturated carbocycles. The number of sulfonamides is 1. The predicted molar refractivity (Wildman–Crippen MR) is 113 cm³/mol. The van der Waals surface area contributed by atoms with E-state index in [0.29, 0.717) is 10.6 Å². The highest BCUT2D eigenvalue weighted by molar-refractivity contribution is 7.92. The van der Waals surface area contributed by atoms with Crippen molar-refractivity contribution in [2.75, 3.05) is 22.7 Å². The molecule has 0 bridgehead atoms. The lowest BCUT2D eigenvalue weighted by molar-refractivity contribution is 0.578. The first-order chi connectivity index (χ1) is 12.7. The van der Waals surface area contributed by atoms with Crippen LogP contribution < -0.4 is 9.62 Å². The Morgan fingerprint density at radius 2 is 1.22 bits per heavy atom. The molecule has 146 valence electrons. The molecule has 0 spiro atoms. The second-order valence-electron chi connectivity index (χ2n) is 7.65. The lowest BCUT2D eigenvalue weighted by Crippen LogP contribution is -2.29. The van der Waals surface area contributed by atoms with Gasteiger partial charge in [-0.2, -0.15) is 0 Å². The van der Waals surface area contributed by atoms with Crippen molar-refractivity contribution in [3.8, 4) is 0 Å². The maximum Gasteiger partial charge on any atom is 0.262 e. The highest BCUT2D eigenvalue weighted by atomic mass is 32.2. The molecule has 1 saturated heterocycles. The molecule has 1 fully saturated rings. The fourth-order valence-corrected chi connectivity index (χ4v) is 5.63. The van der Waals surface area contributed by atoms with Gasteiger partial charge in [-0.1, -0.05) is 0 Å². The van der Waals surface area contributed by atoms with Crippen LogP contribution in [0.15, 0.2) is 29.2 Å². The SMILES string of the molecule is Cc1c(C)c(C)c(S(=O)(=O)Nc2ccc(N3CCCCC3)cc2)c(C)c1C. The van der Waals surface area contributed by atoms with Crippen LogP contribution in [-0.4, -0.2) is 21.5 Å². The first kappa shape index (κ1) is 19.7. The van der Waals surface area contributed by atoms with Crippen LogP contribution in [0.1, 0.15) is 47.1 Å². The summed E-state index contributed by atoms with van der Waals surface area (Å²) in [5.74, 6) is 0. The molecule has 1 aliphatic rings. The Morgan fingerprint density at radius 3 is 1.74 bits per heavy atom. The summed E-state index contributed by atoms with van der Waals surface area (Å²) in [7, 11) is -3.64. The quantitative estimate of drug-likeness (QED) is 0.803. The number of hydrogen-bond acceptors (Lipinski definition) is 3. The Bertz CT molecular complexity index is 912. The van der Waals surface area contributed by atoms with Crippen LogP contribution in [0.25, 0.3) is 0 Å². The number of benzene rings is 2. The largest absolute Gasteiger partial charge is 0.372 e. The average Bonchev–Trinajstić information content (AvgIpc) is 2.65. The van der Waals surface area contributed by atoms with Gasteiger partial charge in [0.2, 0.25) is 0 Å². The smallest absolute Gasteiger partial charge is 0.262 e. The van der Waals surface area contributed by atoms with Gasteiger partial charge in [-0.25, -0.2) is 8.42 Å². The first-order valence-corrected chi connectivity index (χ1v) is 11.2. The van der Waals surface area contributed by atoms with E-state index in [0.717, 1.165) is 46.6 Å². The molecule has 0 radical (unpaired) electrons. The molecule has 1 aliphatic heterocycles. The van der Waals surface area contributed by atoms with Gasteiger partial charge in [0.1, 0.15) is 0 Å². The van der Waals surface area contributed by atoms with Gasteiger partial charge < -0.3 is 4.90 Å². The number of nitrogens with zero attached hydrogens (tertiary/aromatic N) is 1. The summed E-state index contributed by atoms with van der Waals surface area (Å²) in [4.78, 5) is 2.77. The fourth-order valence-electron chi connectivity index (χ4n) is 3.97. The van der Waals surface area contributed by atoms with E-state index in [-0.39, 0.29) is 0 Å². The highest BCUT2D eigenvalue weighted by Crippen LogP contribution is 2.31. The molecular formula is C22H30N2O2S. The van der Waals surface area contributed by atoms with Gasteiger partial charge >= 0.3 is 0 Å². The van der Waals surface area contributed by atoms with Crippen molar-refractivity contribution in [3.63, 3.8) is 0 Å². The van der Waals surface area contributed by atoms with E-state index in [4.69, 9.17) is 0 Å². The minimum absolute atomic E-state index is 0.406. The third-order valence-electron chi connectivity index (χ3n) is 6.04. The van der Waals surface area contributed by atoms with E-state index in [9.17, 15) is 8.42 Å². The summed E-state index contributed by atoms with van der Waals surface area (Å²) in [5.41, 5.74) is 6.66. The standard InChI is InChI=1S/C22H30N2O2S/c1-15-16(2)18(4)22(19(5)17(15)3)27(25,26)23-20-9-11-21(12-10-20)24-13-7-6-8-14-24/h9-12,23H,6-8,13-14H2,1-5H3. The number of anilines is 2. The summed E-state index contributed by atoms with van der Waals surface area (Å²) in [6.07, 6.45) is 3.74. The second kappa shape index (κ2) is 7.55. The van der Waals surface area contributed by atoms with E-state index >= 15 is 0 Å². The Kier molecular flexibility index (Phi) is 5.52. The molecule has 1 heterocycles. The van der Waals surface area contributed by atoms with Gasteiger partial charge in [-0.15, -0.1) is 0 Å². The Labute approximate surface area is 163 Å². The maximum absolute atomic E-state index is 13.1. The molecule has 0 atom stereocenters. The molecule has 1 N–H and O–H groups in total. The van der Waals surface area contributed by atoms with Crippen LogP contribution in [0.4, 0.5) is 11.4 Å². The molecule has 0 aromatic heterocycles. The third kappa shape index (κ3) is 3.84. The zero-order chi connectivity index (χ0) is 19.8. The van der Waals surface area contributed by atoms with Crippen molar-refractivity contribution in [1.82, 2.24) is 0 Å². The molecule has 0 amide bonds. The molecule has 27 heavy (non-hydrogen) atoms. The average molecular weight is 387 g/mol. The van der Waals surface area contributed by atoms with E-state index in [1.807, 2.05) is 58.9 Å². The molecule has 2 aromatic rings. The third-order valence-corrected chi connectivity index (χ3v) is 7.69. The number of piperidine rings is 1. The summed E-state index contributed by atoms with van der Waals surface area (Å²) >= 11 is 0. The van der Waals surface area contributed by atoms with Gasteiger partial charge in [0.15, 0.2) is 0 Å². The van der Waals surface area contributed by atoms with Gasteiger partial charge in [-0.3, -0.25) is 4.72 Å². The van der Waals surface area contributed by atoms with Crippen molar-refractivity contribution >= 4 is 21.4 Å². The van der Waals surface area contributed by atoms with Crippen LogP contribution in [0.5, 0.6) is 0 Å². The maximum atomic E-state index is 13.1. The molecular weight excluding hydrogens is 356 g/mol. The summed E-state index contributed by atoms with van der Waals surface area (Å²) < 4.78 is 29.0. The monoisotopic (exact) mass is 386 g/mol. The normalized spacial score (nSPS) is 15.1. The van der Waals surface area contributed by atoms with Gasteiger partial charge in [0, 0.05) is 24.5 Å². The van der Waals surface area contributed by atoms with E-state index < -0.39 is 10.0 Å². The van der Waals surface area contributed by atoms with Crippen molar-refractivity contribution in [3.05, 3.63) is 52.1 Å². The van der Waals surface area contributed by atoms with E-state index in [1.54, 1.807) is 0 Å². The lowest BCUT2D eigenvalue weighted by atomic mass is 9.95. The predicted octanol–water partition coefficient (Wildman–Crippen LogP) is 5.02. The van der Waals surface area contributed by atoms with Crippen LogP contribution >= 0.6 is 0 Å². The molecule has 0 unspecified atom stereocenters. The molecule has 2 aromatic carbocycles. The number of rotatable bonds is 4. The van der Waals surface area contributed by atoms with Crippen molar-refractivity contribution in [2.24, 2.45) is 0 Å². The van der Waals surface area contributed by atoms with Crippen LogP contribution in [0.2, 0.25) is 0 Å². The summed E-state index contributed by atoms with van der Waals surface area (Å²) in [6.45, 7) is 12.0. The second-order valence-corrected chi connectivity index (χ2v) is 9.27. The van der Waals surface area contributed by atoms with E-state index in [2.05, 4.69) is 9.62 Å². The molecule has 5 heteroatoms. The first-order valence-electron chi connectivity index (χ1n) is 9.67. The van der Waals surface area contributed by atoms with Crippen molar-refractivity contribution in [2.45, 2.75) is 58.8 Å². The van der Waals surface area contributed by atoms with Crippen LogP contribution in [0, 0.1) is 34.6 Å². The summed E-state index contributed by atoms with van der Waals surface area (Å²) in [6, 6.07) is 7.74. The van der Waals surface area contributed by atoms with Crippen LogP contribution in [-0.2, 0) is 10.0 Å². The highest BCUT2D eigenvalue weighted by Gasteiger charge is 2.23. The molecule has 4 nitrogen and oxygen atoms in total. The van der Waals surface area contributed by atoms with Gasteiger partial charge in [-0.05, 0) is 106 Å². The molecule has 0 aliphatic carbocycles. The minimum atomic E-state index is -3.64. The zero-order valence-electron chi connectivity index (χ0n) is 17.0. The van der Waals surface area contributed by atoms with E-state index in [1.165, 1.54) is 19.3 Å². The van der Waals surface area contributed by atoms with Gasteiger partial charge in [0.25, 0.3) is 10.0 Å². The van der Waals surface area contributed by atoms with Crippen molar-refractivity contribution < 1.29 is 8.42 Å². The van der Waals surface area contributed by atoms with Crippen molar-refractivity contribution in [1.29, 1.82) is 0 Å². The fraction of sp³-hybridized carbons (Fsp3) is 0.455. The number of nitrogens with one attached hydrogen (secondary N) is 1. The topological polar surface area (TPSA) is 49.4 Å². The minimum Gasteiger partial charge on any atom is -0.372 e. The Balaban J connectivity index is 1.89.